The van der Waals surface area contributed by atoms with Crippen LogP contribution in [0.5, 0.6) is 11.5 Å². The Hall–Kier alpha value is -3.65. The predicted octanol–water partition coefficient (Wildman–Crippen LogP) is 4.33. The van der Waals surface area contributed by atoms with Crippen molar-refractivity contribution in [1.82, 2.24) is 14.8 Å². The van der Waals surface area contributed by atoms with Crippen LogP contribution in [0.1, 0.15) is 5.69 Å². The van der Waals surface area contributed by atoms with Gasteiger partial charge in [0.15, 0.2) is 6.61 Å². The van der Waals surface area contributed by atoms with Gasteiger partial charge in [0.25, 0.3) is 5.91 Å². The van der Waals surface area contributed by atoms with Gasteiger partial charge < -0.3 is 14.8 Å². The summed E-state index contributed by atoms with van der Waals surface area (Å²) >= 11 is 1.44. The maximum absolute atomic E-state index is 12.4. The molecule has 1 amide bonds. The third-order valence-corrected chi connectivity index (χ3v) is 5.07. The molecule has 1 N–H and O–H groups in total. The molecule has 30 heavy (non-hydrogen) atoms. The molecule has 0 atom stereocenters. The number of thiazole rings is 1. The Balaban J connectivity index is 1.50. The fraction of sp³-hybridized carbons (Fsp3) is 0.136. The van der Waals surface area contributed by atoms with Gasteiger partial charge in [0.1, 0.15) is 17.3 Å². The highest BCUT2D eigenvalue weighted by Gasteiger charge is 2.15. The largest absolute Gasteiger partial charge is 0.497 e. The van der Waals surface area contributed by atoms with E-state index < -0.39 is 0 Å². The molecule has 0 spiro atoms. The molecule has 2 aromatic carbocycles. The van der Waals surface area contributed by atoms with Crippen LogP contribution in [0.15, 0.2) is 66.0 Å². The lowest BCUT2D eigenvalue weighted by Crippen LogP contribution is -2.21. The van der Waals surface area contributed by atoms with Crippen molar-refractivity contribution in [2.75, 3.05) is 19.0 Å². The Morgan fingerprint density at radius 2 is 1.90 bits per heavy atom. The number of benzene rings is 2. The van der Waals surface area contributed by atoms with Crippen LogP contribution in [-0.2, 0) is 4.79 Å². The van der Waals surface area contributed by atoms with Gasteiger partial charge in [-0.2, -0.15) is 9.78 Å². The number of amides is 1. The molecule has 0 radical (unpaired) electrons. The topological polar surface area (TPSA) is 78.3 Å². The summed E-state index contributed by atoms with van der Waals surface area (Å²) in [6.07, 6.45) is 0. The monoisotopic (exact) mass is 420 g/mol. The van der Waals surface area contributed by atoms with Gasteiger partial charge in [-0.3, -0.25) is 4.79 Å². The number of nitrogens with one attached hydrogen (secondary N) is 1. The lowest BCUT2D eigenvalue weighted by molar-refractivity contribution is -0.118. The first-order valence-corrected chi connectivity index (χ1v) is 10.1. The van der Waals surface area contributed by atoms with Crippen LogP contribution in [0.2, 0.25) is 0 Å². The molecule has 0 unspecified atom stereocenters. The van der Waals surface area contributed by atoms with Crippen molar-refractivity contribution in [3.05, 3.63) is 71.7 Å². The zero-order chi connectivity index (χ0) is 20.9. The van der Waals surface area contributed by atoms with E-state index in [2.05, 4.69) is 15.4 Å². The predicted molar refractivity (Wildman–Crippen MR) is 117 cm³/mol. The lowest BCUT2D eigenvalue weighted by atomic mass is 10.2. The molecule has 0 aliphatic rings. The third-order valence-electron chi connectivity index (χ3n) is 4.25. The Morgan fingerprint density at radius 1 is 1.10 bits per heavy atom. The smallest absolute Gasteiger partial charge is 0.263 e. The molecule has 2 aromatic heterocycles. The fourth-order valence-corrected chi connectivity index (χ4v) is 3.65. The maximum Gasteiger partial charge on any atom is 0.263 e. The maximum atomic E-state index is 12.4. The van der Waals surface area contributed by atoms with Gasteiger partial charge in [-0.25, -0.2) is 4.98 Å². The average molecular weight is 420 g/mol. The van der Waals surface area contributed by atoms with E-state index >= 15 is 0 Å². The van der Waals surface area contributed by atoms with Gasteiger partial charge >= 0.3 is 0 Å². The molecule has 4 rings (SSSR count). The fourth-order valence-electron chi connectivity index (χ4n) is 2.86. The number of carbonyl (C=O) groups excluding carboxylic acids is 1. The van der Waals surface area contributed by atoms with E-state index in [1.165, 1.54) is 11.3 Å². The number of anilines is 1. The molecular formula is C22H20N4O3S. The number of aryl methyl sites for hydroxylation is 1. The van der Waals surface area contributed by atoms with Crippen molar-refractivity contribution in [2.24, 2.45) is 0 Å². The number of methoxy groups -OCH3 is 1. The van der Waals surface area contributed by atoms with Crippen molar-refractivity contribution < 1.29 is 14.3 Å². The van der Waals surface area contributed by atoms with Crippen molar-refractivity contribution in [3.63, 3.8) is 0 Å². The SMILES string of the molecule is COc1cccc(-c2csc(-n3nc(C)cc3NC(=O)COc3ccccc3)n2)c1. The second-order valence-corrected chi connectivity index (χ2v) is 7.32. The molecule has 0 bridgehead atoms. The number of rotatable bonds is 7. The van der Waals surface area contributed by atoms with Gasteiger partial charge in [-0.05, 0) is 31.2 Å². The summed E-state index contributed by atoms with van der Waals surface area (Å²) in [5, 5.41) is 9.93. The van der Waals surface area contributed by atoms with Gasteiger partial charge in [0.2, 0.25) is 5.13 Å². The molecule has 0 aliphatic heterocycles. The first-order chi connectivity index (χ1) is 14.6. The van der Waals surface area contributed by atoms with Crippen LogP contribution in [0.25, 0.3) is 16.4 Å². The van der Waals surface area contributed by atoms with E-state index in [0.717, 1.165) is 22.7 Å². The highest BCUT2D eigenvalue weighted by Crippen LogP contribution is 2.28. The third kappa shape index (κ3) is 4.49. The number of aromatic nitrogens is 3. The van der Waals surface area contributed by atoms with Crippen LogP contribution >= 0.6 is 11.3 Å². The van der Waals surface area contributed by atoms with Gasteiger partial charge in [0.05, 0.1) is 18.5 Å². The first kappa shape index (κ1) is 19.7. The molecule has 2 heterocycles. The zero-order valence-corrected chi connectivity index (χ0v) is 17.3. The van der Waals surface area contributed by atoms with Crippen molar-refractivity contribution in [3.8, 4) is 27.9 Å². The first-order valence-electron chi connectivity index (χ1n) is 9.27. The summed E-state index contributed by atoms with van der Waals surface area (Å²) in [5.41, 5.74) is 2.53. The number of ether oxygens (including phenoxy) is 2. The van der Waals surface area contributed by atoms with Gasteiger partial charge in [-0.15, -0.1) is 11.3 Å². The van der Waals surface area contributed by atoms with Crippen molar-refractivity contribution in [2.45, 2.75) is 6.92 Å². The number of hydrogen-bond acceptors (Lipinski definition) is 6. The van der Waals surface area contributed by atoms with Crippen LogP contribution < -0.4 is 14.8 Å². The highest BCUT2D eigenvalue weighted by molar-refractivity contribution is 7.12. The quantitative estimate of drug-likeness (QED) is 0.481. The molecule has 0 fully saturated rings. The molecule has 0 saturated heterocycles. The van der Waals surface area contributed by atoms with E-state index in [-0.39, 0.29) is 12.5 Å². The summed E-state index contributed by atoms with van der Waals surface area (Å²) in [6, 6.07) is 18.7. The molecule has 0 saturated carbocycles. The molecular weight excluding hydrogens is 400 g/mol. The van der Waals surface area contributed by atoms with Crippen LogP contribution in [0.4, 0.5) is 5.82 Å². The zero-order valence-electron chi connectivity index (χ0n) is 16.5. The number of para-hydroxylation sites is 1. The molecule has 8 heteroatoms. The number of nitrogens with zero attached hydrogens (tertiary/aromatic N) is 3. The van der Waals surface area contributed by atoms with Crippen LogP contribution in [-0.4, -0.2) is 34.4 Å². The van der Waals surface area contributed by atoms with E-state index in [4.69, 9.17) is 9.47 Å². The summed E-state index contributed by atoms with van der Waals surface area (Å²) in [6.45, 7) is 1.77. The highest BCUT2D eigenvalue weighted by atomic mass is 32.1. The lowest BCUT2D eigenvalue weighted by Gasteiger charge is -2.08. The Bertz CT molecular complexity index is 1150. The molecule has 0 aliphatic carbocycles. The standard InChI is InChI=1S/C22H20N4O3S/c1-15-11-20(24-21(27)13-29-17-8-4-3-5-9-17)26(25-15)22-23-19(14-30-22)16-7-6-10-18(12-16)28-2/h3-12,14H,13H2,1-2H3,(H,24,27). The summed E-state index contributed by atoms with van der Waals surface area (Å²) in [4.78, 5) is 17.0. The van der Waals surface area contributed by atoms with E-state index in [0.29, 0.717) is 16.7 Å². The summed E-state index contributed by atoms with van der Waals surface area (Å²) < 4.78 is 12.4. The normalized spacial score (nSPS) is 10.6. The Morgan fingerprint density at radius 3 is 2.70 bits per heavy atom. The van der Waals surface area contributed by atoms with Crippen molar-refractivity contribution in [1.29, 1.82) is 0 Å². The van der Waals surface area contributed by atoms with Crippen LogP contribution in [0.3, 0.4) is 0 Å². The minimum Gasteiger partial charge on any atom is -0.497 e. The van der Waals surface area contributed by atoms with Crippen LogP contribution in [0, 0.1) is 6.92 Å². The second kappa shape index (κ2) is 8.79. The minimum atomic E-state index is -0.274. The van der Waals surface area contributed by atoms with E-state index in [9.17, 15) is 4.79 Å². The molecule has 4 aromatic rings. The number of hydrogen-bond donors (Lipinski definition) is 1. The average Bonchev–Trinajstić information content (AvgIpc) is 3.40. The summed E-state index contributed by atoms with van der Waals surface area (Å²) in [7, 11) is 1.63. The molecule has 7 nitrogen and oxygen atoms in total. The van der Waals surface area contributed by atoms with Gasteiger partial charge in [-0.1, -0.05) is 30.3 Å². The number of carbonyl (C=O) groups is 1. The second-order valence-electron chi connectivity index (χ2n) is 6.48. The molecule has 152 valence electrons. The van der Waals surface area contributed by atoms with E-state index in [1.54, 1.807) is 30.0 Å². The van der Waals surface area contributed by atoms with Gasteiger partial charge in [0, 0.05) is 17.0 Å². The summed E-state index contributed by atoms with van der Waals surface area (Å²) in [5.74, 6) is 1.67. The minimum absolute atomic E-state index is 0.0961. The van der Waals surface area contributed by atoms with Crippen molar-refractivity contribution >= 4 is 23.1 Å². The van der Waals surface area contributed by atoms with E-state index in [1.807, 2.05) is 54.8 Å². The Labute approximate surface area is 177 Å². The Kier molecular flexibility index (Phi) is 5.76.